The highest BCUT2D eigenvalue weighted by atomic mass is 127. The van der Waals surface area contributed by atoms with Gasteiger partial charge in [-0.1, -0.05) is 25.5 Å². The summed E-state index contributed by atoms with van der Waals surface area (Å²) in [6, 6.07) is 5.42. The largest absolute Gasteiger partial charge is 0.356 e. The standard InChI is InChI=1S/C16H28N4O2S.HI/c1-5-6-9-18-16(17-4)19-10-11-20-23(21,22)15-12-13(2)7-8-14(15)3;/h7-8,12,20H,5-6,9-11H2,1-4H3,(H2,17,18,19);1H. The van der Waals surface area contributed by atoms with Crippen LogP contribution >= 0.6 is 24.0 Å². The monoisotopic (exact) mass is 468 g/mol. The zero-order chi connectivity index (χ0) is 17.3. The predicted molar refractivity (Wildman–Crippen MR) is 111 cm³/mol. The average molecular weight is 468 g/mol. The molecule has 0 spiro atoms. The average Bonchev–Trinajstić information content (AvgIpc) is 2.52. The Morgan fingerprint density at radius 1 is 1.12 bits per heavy atom. The van der Waals surface area contributed by atoms with Crippen LogP contribution in [0.5, 0.6) is 0 Å². The number of nitrogens with one attached hydrogen (secondary N) is 3. The number of aliphatic imine (C=N–C) groups is 1. The van der Waals surface area contributed by atoms with Crippen LogP contribution in [0.1, 0.15) is 30.9 Å². The van der Waals surface area contributed by atoms with Crippen LogP contribution < -0.4 is 15.4 Å². The molecule has 0 saturated heterocycles. The van der Waals surface area contributed by atoms with E-state index in [4.69, 9.17) is 0 Å². The number of hydrogen-bond acceptors (Lipinski definition) is 3. The van der Waals surface area contributed by atoms with E-state index < -0.39 is 10.0 Å². The third kappa shape index (κ3) is 7.80. The highest BCUT2D eigenvalue weighted by molar-refractivity contribution is 14.0. The van der Waals surface area contributed by atoms with E-state index in [1.54, 1.807) is 20.0 Å². The smallest absolute Gasteiger partial charge is 0.240 e. The molecule has 0 aliphatic heterocycles. The molecule has 1 aromatic carbocycles. The van der Waals surface area contributed by atoms with Gasteiger partial charge >= 0.3 is 0 Å². The first-order valence-electron chi connectivity index (χ1n) is 7.92. The number of sulfonamides is 1. The number of aryl methyl sites for hydroxylation is 2. The second kappa shape index (κ2) is 11.6. The van der Waals surface area contributed by atoms with Crippen molar-refractivity contribution in [3.63, 3.8) is 0 Å². The summed E-state index contributed by atoms with van der Waals surface area (Å²) in [5.74, 6) is 0.685. The van der Waals surface area contributed by atoms with Crippen LogP contribution in [0.3, 0.4) is 0 Å². The van der Waals surface area contributed by atoms with Crippen molar-refractivity contribution >= 4 is 40.0 Å². The Morgan fingerprint density at radius 2 is 1.79 bits per heavy atom. The number of benzene rings is 1. The number of nitrogens with zero attached hydrogens (tertiary/aromatic N) is 1. The molecule has 8 heteroatoms. The number of unbranched alkanes of at least 4 members (excludes halogenated alkanes) is 1. The van der Waals surface area contributed by atoms with Gasteiger partial charge in [-0.05, 0) is 37.5 Å². The second-order valence-corrected chi connectivity index (χ2v) is 7.18. The van der Waals surface area contributed by atoms with E-state index in [9.17, 15) is 8.42 Å². The fourth-order valence-corrected chi connectivity index (χ4v) is 3.40. The van der Waals surface area contributed by atoms with Crippen molar-refractivity contribution in [2.75, 3.05) is 26.7 Å². The molecule has 0 fully saturated rings. The molecule has 0 radical (unpaired) electrons. The van der Waals surface area contributed by atoms with E-state index in [-0.39, 0.29) is 24.0 Å². The lowest BCUT2D eigenvalue weighted by Gasteiger charge is -2.13. The third-order valence-corrected chi connectivity index (χ3v) is 4.99. The molecule has 0 bridgehead atoms. The van der Waals surface area contributed by atoms with Gasteiger partial charge in [-0.15, -0.1) is 24.0 Å². The van der Waals surface area contributed by atoms with Crippen molar-refractivity contribution in [1.82, 2.24) is 15.4 Å². The molecule has 0 heterocycles. The molecule has 1 rings (SSSR count). The van der Waals surface area contributed by atoms with E-state index in [0.717, 1.165) is 30.5 Å². The number of hydrogen-bond donors (Lipinski definition) is 3. The molecule has 0 aliphatic carbocycles. The summed E-state index contributed by atoms with van der Waals surface area (Å²) in [4.78, 5) is 4.43. The predicted octanol–water partition coefficient (Wildman–Crippen LogP) is 2.16. The van der Waals surface area contributed by atoms with Crippen molar-refractivity contribution < 1.29 is 8.42 Å². The molecule has 0 aliphatic rings. The van der Waals surface area contributed by atoms with Crippen molar-refractivity contribution in [3.05, 3.63) is 29.3 Å². The minimum atomic E-state index is -3.49. The van der Waals surface area contributed by atoms with E-state index in [2.05, 4.69) is 27.3 Å². The Balaban J connectivity index is 0.00000529. The lowest BCUT2D eigenvalue weighted by molar-refractivity contribution is 0.579. The number of guanidine groups is 1. The van der Waals surface area contributed by atoms with Gasteiger partial charge in [0.05, 0.1) is 4.90 Å². The van der Waals surface area contributed by atoms with Crippen LogP contribution in [0.2, 0.25) is 0 Å². The van der Waals surface area contributed by atoms with Gasteiger partial charge in [-0.25, -0.2) is 13.1 Å². The second-order valence-electron chi connectivity index (χ2n) is 5.45. The molecule has 0 atom stereocenters. The number of rotatable bonds is 8. The molecule has 138 valence electrons. The molecule has 3 N–H and O–H groups in total. The lowest BCUT2D eigenvalue weighted by Crippen LogP contribution is -2.41. The number of halogens is 1. The van der Waals surface area contributed by atoms with Gasteiger partial charge in [0.2, 0.25) is 10.0 Å². The van der Waals surface area contributed by atoms with Gasteiger partial charge < -0.3 is 10.6 Å². The van der Waals surface area contributed by atoms with Crippen LogP contribution in [0.15, 0.2) is 28.1 Å². The van der Waals surface area contributed by atoms with Gasteiger partial charge in [-0.2, -0.15) is 0 Å². The van der Waals surface area contributed by atoms with E-state index in [1.165, 1.54) is 0 Å². The maximum Gasteiger partial charge on any atom is 0.240 e. The summed E-state index contributed by atoms with van der Waals surface area (Å²) in [7, 11) is -1.79. The van der Waals surface area contributed by atoms with Gasteiger partial charge in [0.1, 0.15) is 0 Å². The van der Waals surface area contributed by atoms with E-state index in [0.29, 0.717) is 23.9 Å². The van der Waals surface area contributed by atoms with E-state index in [1.807, 2.05) is 19.1 Å². The minimum Gasteiger partial charge on any atom is -0.356 e. The highest BCUT2D eigenvalue weighted by Crippen LogP contribution is 2.16. The zero-order valence-electron chi connectivity index (χ0n) is 14.8. The quantitative estimate of drug-likeness (QED) is 0.236. The van der Waals surface area contributed by atoms with Gasteiger partial charge in [0.25, 0.3) is 0 Å². The molecule has 0 unspecified atom stereocenters. The van der Waals surface area contributed by atoms with Crippen molar-refractivity contribution in [1.29, 1.82) is 0 Å². The summed E-state index contributed by atoms with van der Waals surface area (Å²) >= 11 is 0. The summed E-state index contributed by atoms with van der Waals surface area (Å²) in [5.41, 5.74) is 1.67. The van der Waals surface area contributed by atoms with Gasteiger partial charge in [-0.3, -0.25) is 4.99 Å². The molecule has 6 nitrogen and oxygen atoms in total. The molecular weight excluding hydrogens is 439 g/mol. The Labute approximate surface area is 163 Å². The SMILES string of the molecule is CCCCNC(=NC)NCCNS(=O)(=O)c1cc(C)ccc1C.I. The minimum absolute atomic E-state index is 0. The first-order chi connectivity index (χ1) is 10.9. The Morgan fingerprint density at radius 3 is 2.42 bits per heavy atom. The summed E-state index contributed by atoms with van der Waals surface area (Å²) in [6.07, 6.45) is 2.18. The molecule has 24 heavy (non-hydrogen) atoms. The van der Waals surface area contributed by atoms with Crippen LogP contribution in [0.25, 0.3) is 0 Å². The van der Waals surface area contributed by atoms with Crippen LogP contribution in [-0.2, 0) is 10.0 Å². The summed E-state index contributed by atoms with van der Waals surface area (Å²) in [5, 5.41) is 6.27. The maximum absolute atomic E-state index is 12.3. The molecule has 0 saturated carbocycles. The van der Waals surface area contributed by atoms with Crippen molar-refractivity contribution in [3.8, 4) is 0 Å². The van der Waals surface area contributed by atoms with Crippen molar-refractivity contribution in [2.45, 2.75) is 38.5 Å². The summed E-state index contributed by atoms with van der Waals surface area (Å²) < 4.78 is 27.3. The fraction of sp³-hybridized carbons (Fsp3) is 0.562. The highest BCUT2D eigenvalue weighted by Gasteiger charge is 2.16. The first kappa shape index (κ1) is 23.1. The van der Waals surface area contributed by atoms with Gasteiger partial charge in [0.15, 0.2) is 5.96 Å². The zero-order valence-corrected chi connectivity index (χ0v) is 18.0. The first-order valence-corrected chi connectivity index (χ1v) is 9.40. The van der Waals surface area contributed by atoms with Crippen molar-refractivity contribution in [2.24, 2.45) is 4.99 Å². The van der Waals surface area contributed by atoms with Crippen LogP contribution in [0, 0.1) is 13.8 Å². The maximum atomic E-state index is 12.3. The molecular formula is C16H29IN4O2S. The Hall–Kier alpha value is -0.870. The summed E-state index contributed by atoms with van der Waals surface area (Å²) in [6.45, 7) is 7.42. The topological polar surface area (TPSA) is 82.6 Å². The normalized spacial score (nSPS) is 11.8. The van der Waals surface area contributed by atoms with Crippen LogP contribution in [-0.4, -0.2) is 41.1 Å². The van der Waals surface area contributed by atoms with E-state index >= 15 is 0 Å². The lowest BCUT2D eigenvalue weighted by atomic mass is 10.2. The molecule has 0 amide bonds. The van der Waals surface area contributed by atoms with Gasteiger partial charge in [0, 0.05) is 26.7 Å². The fourth-order valence-electron chi connectivity index (χ4n) is 2.05. The molecule has 1 aromatic rings. The Kier molecular flexibility index (Phi) is 11.2. The Bertz CT molecular complexity index is 633. The van der Waals surface area contributed by atoms with Crippen LogP contribution in [0.4, 0.5) is 0 Å². The third-order valence-electron chi connectivity index (χ3n) is 3.39. The molecule has 0 aromatic heterocycles.